The molecule has 1 aliphatic heterocycles. The first-order valence-corrected chi connectivity index (χ1v) is 6.57. The third-order valence-corrected chi connectivity index (χ3v) is 3.24. The average molecular weight is 227 g/mol. The van der Waals surface area contributed by atoms with Crippen molar-refractivity contribution in [3.8, 4) is 0 Å². The second-order valence-electron chi connectivity index (χ2n) is 6.03. The van der Waals surface area contributed by atoms with Crippen LogP contribution in [0.25, 0.3) is 0 Å². The molecule has 3 heteroatoms. The molecule has 94 valence electrons. The number of piperidine rings is 1. The van der Waals surface area contributed by atoms with Crippen LogP contribution in [0.1, 0.15) is 46.5 Å². The lowest BCUT2D eigenvalue weighted by molar-refractivity contribution is -0.165. The third-order valence-electron chi connectivity index (χ3n) is 3.24. The van der Waals surface area contributed by atoms with Crippen LogP contribution >= 0.6 is 0 Å². The molecule has 0 aromatic rings. The maximum Gasteiger partial charge on any atom is 0.0631 e. The molecule has 0 radical (unpaired) electrons. The van der Waals surface area contributed by atoms with Gasteiger partial charge in [0, 0.05) is 0 Å². The lowest BCUT2D eigenvalue weighted by Gasteiger charge is -2.41. The molecule has 2 aliphatic rings. The Kier molecular flexibility index (Phi) is 3.88. The first-order valence-electron chi connectivity index (χ1n) is 6.57. The van der Waals surface area contributed by atoms with Gasteiger partial charge >= 0.3 is 0 Å². The van der Waals surface area contributed by atoms with Crippen molar-refractivity contribution < 1.29 is 9.47 Å². The van der Waals surface area contributed by atoms with E-state index in [0.29, 0.717) is 18.3 Å². The predicted molar refractivity (Wildman–Crippen MR) is 64.6 cm³/mol. The molecule has 2 fully saturated rings. The minimum Gasteiger partial charge on any atom is -0.375 e. The van der Waals surface area contributed by atoms with Crippen molar-refractivity contribution in [2.24, 2.45) is 0 Å². The van der Waals surface area contributed by atoms with Gasteiger partial charge in [0.25, 0.3) is 0 Å². The summed E-state index contributed by atoms with van der Waals surface area (Å²) in [6, 6.07) is 0. The summed E-state index contributed by atoms with van der Waals surface area (Å²) in [6.45, 7) is 8.58. The van der Waals surface area contributed by atoms with Crippen LogP contribution in [0.3, 0.4) is 0 Å². The Morgan fingerprint density at radius 2 is 1.56 bits per heavy atom. The summed E-state index contributed by atoms with van der Waals surface area (Å²) in [5.74, 6) is 0. The third kappa shape index (κ3) is 3.72. The second-order valence-corrected chi connectivity index (χ2v) is 6.03. The van der Waals surface area contributed by atoms with Crippen LogP contribution in [-0.4, -0.2) is 37.0 Å². The minimum absolute atomic E-state index is 0.00953. The summed E-state index contributed by atoms with van der Waals surface area (Å²) in [7, 11) is 0. The number of hydrogen-bond acceptors (Lipinski definition) is 3. The SMILES string of the molecule is CC(C)(C)O[C@H]1C[C@H](OC2CCNCC2)C1. The van der Waals surface area contributed by atoms with Crippen LogP contribution in [0.15, 0.2) is 0 Å². The average Bonchev–Trinajstić information content (AvgIpc) is 2.14. The quantitative estimate of drug-likeness (QED) is 0.801. The van der Waals surface area contributed by atoms with Crippen molar-refractivity contribution in [3.05, 3.63) is 0 Å². The summed E-state index contributed by atoms with van der Waals surface area (Å²) >= 11 is 0. The summed E-state index contributed by atoms with van der Waals surface area (Å²) in [5.41, 5.74) is -0.00953. The zero-order valence-corrected chi connectivity index (χ0v) is 10.8. The molecule has 1 saturated heterocycles. The Morgan fingerprint density at radius 3 is 2.12 bits per heavy atom. The maximum atomic E-state index is 6.05. The fourth-order valence-electron chi connectivity index (χ4n) is 2.43. The Labute approximate surface area is 98.9 Å². The Bertz CT molecular complexity index is 212. The molecule has 0 bridgehead atoms. The van der Waals surface area contributed by atoms with Gasteiger partial charge in [-0.25, -0.2) is 0 Å². The summed E-state index contributed by atoms with van der Waals surface area (Å²) in [4.78, 5) is 0. The van der Waals surface area contributed by atoms with Crippen LogP contribution in [0.2, 0.25) is 0 Å². The lowest BCUT2D eigenvalue weighted by Crippen LogP contribution is -2.44. The van der Waals surface area contributed by atoms with Gasteiger partial charge in [-0.2, -0.15) is 0 Å². The highest BCUT2D eigenvalue weighted by molar-refractivity contribution is 4.85. The van der Waals surface area contributed by atoms with Gasteiger partial charge in [-0.3, -0.25) is 0 Å². The van der Waals surface area contributed by atoms with Gasteiger partial charge in [-0.15, -0.1) is 0 Å². The smallest absolute Gasteiger partial charge is 0.0631 e. The van der Waals surface area contributed by atoms with Crippen molar-refractivity contribution in [2.75, 3.05) is 13.1 Å². The topological polar surface area (TPSA) is 30.5 Å². The van der Waals surface area contributed by atoms with Crippen molar-refractivity contribution in [2.45, 2.75) is 70.4 Å². The molecule has 1 heterocycles. The van der Waals surface area contributed by atoms with Gasteiger partial charge in [0.2, 0.25) is 0 Å². The van der Waals surface area contributed by atoms with Crippen LogP contribution in [0.5, 0.6) is 0 Å². The summed E-state index contributed by atoms with van der Waals surface area (Å²) < 4.78 is 12.0. The monoisotopic (exact) mass is 227 g/mol. The van der Waals surface area contributed by atoms with Crippen molar-refractivity contribution >= 4 is 0 Å². The van der Waals surface area contributed by atoms with Crippen LogP contribution in [-0.2, 0) is 9.47 Å². The lowest BCUT2D eigenvalue weighted by atomic mass is 9.90. The standard InChI is InChI=1S/C13H25NO2/c1-13(2,3)16-12-8-11(9-12)15-10-4-6-14-7-5-10/h10-12,14H,4-9H2,1-3H3/t11-,12-. The largest absolute Gasteiger partial charge is 0.375 e. The molecular weight excluding hydrogens is 202 g/mol. The Morgan fingerprint density at radius 1 is 0.938 bits per heavy atom. The van der Waals surface area contributed by atoms with E-state index in [0.717, 1.165) is 25.9 Å². The molecule has 2 rings (SSSR count). The van der Waals surface area contributed by atoms with E-state index in [4.69, 9.17) is 9.47 Å². The van der Waals surface area contributed by atoms with Gasteiger partial charge in [0.05, 0.1) is 23.9 Å². The van der Waals surface area contributed by atoms with Crippen LogP contribution in [0, 0.1) is 0 Å². The van der Waals surface area contributed by atoms with Gasteiger partial charge < -0.3 is 14.8 Å². The van der Waals surface area contributed by atoms with Crippen LogP contribution in [0.4, 0.5) is 0 Å². The molecule has 0 atom stereocenters. The van der Waals surface area contributed by atoms with E-state index in [1.165, 1.54) is 12.8 Å². The highest BCUT2D eigenvalue weighted by Crippen LogP contribution is 2.31. The fourth-order valence-corrected chi connectivity index (χ4v) is 2.43. The first kappa shape index (κ1) is 12.3. The molecule has 1 saturated carbocycles. The molecule has 16 heavy (non-hydrogen) atoms. The van der Waals surface area contributed by atoms with E-state index in [9.17, 15) is 0 Å². The first-order chi connectivity index (χ1) is 7.53. The molecule has 1 aliphatic carbocycles. The van der Waals surface area contributed by atoms with E-state index in [1.807, 2.05) is 0 Å². The van der Waals surface area contributed by atoms with Gasteiger partial charge in [0.1, 0.15) is 0 Å². The number of rotatable bonds is 3. The Hall–Kier alpha value is -0.120. The van der Waals surface area contributed by atoms with Crippen LogP contribution < -0.4 is 5.32 Å². The minimum atomic E-state index is -0.00953. The van der Waals surface area contributed by atoms with E-state index in [-0.39, 0.29) is 5.60 Å². The summed E-state index contributed by atoms with van der Waals surface area (Å²) in [5, 5.41) is 3.36. The summed E-state index contributed by atoms with van der Waals surface area (Å²) in [6.07, 6.45) is 5.87. The molecular formula is C13H25NO2. The van der Waals surface area contributed by atoms with E-state index in [2.05, 4.69) is 26.1 Å². The molecule has 0 amide bonds. The number of nitrogens with one attached hydrogen (secondary N) is 1. The van der Waals surface area contributed by atoms with E-state index >= 15 is 0 Å². The molecule has 0 spiro atoms. The van der Waals surface area contributed by atoms with Crippen molar-refractivity contribution in [3.63, 3.8) is 0 Å². The van der Waals surface area contributed by atoms with Gasteiger partial charge in [0.15, 0.2) is 0 Å². The Balaban J connectivity index is 1.61. The zero-order chi connectivity index (χ0) is 11.6. The molecule has 1 N–H and O–H groups in total. The predicted octanol–water partition coefficient (Wildman–Crippen LogP) is 2.10. The molecule has 0 aromatic heterocycles. The number of ether oxygens (including phenoxy) is 2. The number of hydrogen-bond donors (Lipinski definition) is 1. The van der Waals surface area contributed by atoms with E-state index < -0.39 is 0 Å². The van der Waals surface area contributed by atoms with Crippen molar-refractivity contribution in [1.82, 2.24) is 5.32 Å². The highest BCUT2D eigenvalue weighted by atomic mass is 16.5. The highest BCUT2D eigenvalue weighted by Gasteiger charge is 2.35. The molecule has 0 aromatic carbocycles. The zero-order valence-electron chi connectivity index (χ0n) is 10.8. The van der Waals surface area contributed by atoms with Crippen molar-refractivity contribution in [1.29, 1.82) is 0 Å². The fraction of sp³-hybridized carbons (Fsp3) is 1.00. The van der Waals surface area contributed by atoms with Gasteiger partial charge in [-0.05, 0) is 59.5 Å². The van der Waals surface area contributed by atoms with Gasteiger partial charge in [-0.1, -0.05) is 0 Å². The molecule has 0 unspecified atom stereocenters. The van der Waals surface area contributed by atoms with E-state index in [1.54, 1.807) is 0 Å². The maximum absolute atomic E-state index is 6.05. The second kappa shape index (κ2) is 5.03. The normalized spacial score (nSPS) is 32.4. The molecule has 3 nitrogen and oxygen atoms in total.